The third kappa shape index (κ3) is 3.24. The second kappa shape index (κ2) is 5.24. The normalized spacial score (nSPS) is 10.5. The van der Waals surface area contributed by atoms with Crippen LogP contribution in [0.25, 0.3) is 0 Å². The van der Waals surface area contributed by atoms with Crippen molar-refractivity contribution >= 4 is 17.3 Å². The largest absolute Gasteiger partial charge is 0.399 e. The topological polar surface area (TPSA) is 26.0 Å². The van der Waals surface area contributed by atoms with E-state index in [0.29, 0.717) is 0 Å². The minimum absolute atomic E-state index is 0.816. The van der Waals surface area contributed by atoms with Crippen LogP contribution in [0.3, 0.4) is 0 Å². The SMILES string of the molecule is Cc1cc(CCc2ccc(N)cc2)ccc1Cl. The molecule has 88 valence electrons. The van der Waals surface area contributed by atoms with Crippen LogP contribution in [-0.4, -0.2) is 0 Å². The fourth-order valence-corrected chi connectivity index (χ4v) is 1.95. The van der Waals surface area contributed by atoms with Gasteiger partial charge in [-0.3, -0.25) is 0 Å². The molecule has 0 unspecified atom stereocenters. The number of aryl methyl sites for hydroxylation is 3. The zero-order valence-electron chi connectivity index (χ0n) is 9.91. The van der Waals surface area contributed by atoms with Crippen LogP contribution in [0.5, 0.6) is 0 Å². The van der Waals surface area contributed by atoms with Gasteiger partial charge in [-0.1, -0.05) is 35.9 Å². The first-order valence-electron chi connectivity index (χ1n) is 5.74. The highest BCUT2D eigenvalue weighted by Crippen LogP contribution is 2.17. The lowest BCUT2D eigenvalue weighted by Gasteiger charge is -2.05. The van der Waals surface area contributed by atoms with Crippen molar-refractivity contribution in [1.29, 1.82) is 0 Å². The monoisotopic (exact) mass is 245 g/mol. The minimum atomic E-state index is 0.816. The Morgan fingerprint density at radius 2 is 1.53 bits per heavy atom. The van der Waals surface area contributed by atoms with Crippen molar-refractivity contribution < 1.29 is 0 Å². The molecule has 0 aromatic heterocycles. The molecule has 0 aliphatic heterocycles. The standard InChI is InChI=1S/C15H16ClN/c1-11-10-13(6-9-15(11)16)3-2-12-4-7-14(17)8-5-12/h4-10H,2-3,17H2,1H3. The van der Waals surface area contributed by atoms with Gasteiger partial charge in [-0.15, -0.1) is 0 Å². The van der Waals surface area contributed by atoms with Crippen LogP contribution in [-0.2, 0) is 12.8 Å². The molecule has 2 aromatic rings. The summed E-state index contributed by atoms with van der Waals surface area (Å²) in [6.07, 6.45) is 2.06. The summed E-state index contributed by atoms with van der Waals surface area (Å²) in [5, 5.41) is 0.834. The second-order valence-electron chi connectivity index (χ2n) is 4.33. The minimum Gasteiger partial charge on any atom is -0.399 e. The van der Waals surface area contributed by atoms with Gasteiger partial charge < -0.3 is 5.73 Å². The van der Waals surface area contributed by atoms with Gasteiger partial charge in [0, 0.05) is 10.7 Å². The van der Waals surface area contributed by atoms with Crippen LogP contribution < -0.4 is 5.73 Å². The van der Waals surface area contributed by atoms with Crippen molar-refractivity contribution in [3.05, 3.63) is 64.2 Å². The molecular formula is C15H16ClN. The zero-order valence-corrected chi connectivity index (χ0v) is 10.7. The lowest BCUT2D eigenvalue weighted by molar-refractivity contribution is 0.958. The third-order valence-corrected chi connectivity index (χ3v) is 3.33. The van der Waals surface area contributed by atoms with Gasteiger partial charge in [0.05, 0.1) is 0 Å². The maximum Gasteiger partial charge on any atom is 0.0435 e. The molecule has 0 aliphatic rings. The van der Waals surface area contributed by atoms with Gasteiger partial charge in [0.1, 0.15) is 0 Å². The Bertz CT molecular complexity index is 503. The van der Waals surface area contributed by atoms with Crippen molar-refractivity contribution in [3.8, 4) is 0 Å². The van der Waals surface area contributed by atoms with Crippen LogP contribution in [0.1, 0.15) is 16.7 Å². The third-order valence-electron chi connectivity index (χ3n) is 2.90. The van der Waals surface area contributed by atoms with Crippen LogP contribution in [0.2, 0.25) is 5.02 Å². The first-order chi connectivity index (χ1) is 8.15. The van der Waals surface area contributed by atoms with E-state index in [1.54, 1.807) is 0 Å². The molecule has 0 heterocycles. The molecule has 0 radical (unpaired) electrons. The maximum absolute atomic E-state index is 6.00. The Morgan fingerprint density at radius 1 is 0.941 bits per heavy atom. The van der Waals surface area contributed by atoms with E-state index in [2.05, 4.69) is 24.3 Å². The highest BCUT2D eigenvalue weighted by atomic mass is 35.5. The quantitative estimate of drug-likeness (QED) is 0.813. The fraction of sp³-hybridized carbons (Fsp3) is 0.200. The van der Waals surface area contributed by atoms with Gasteiger partial charge in [0.25, 0.3) is 0 Å². The Labute approximate surface area is 107 Å². The van der Waals surface area contributed by atoms with E-state index >= 15 is 0 Å². The van der Waals surface area contributed by atoms with Crippen molar-refractivity contribution in [2.75, 3.05) is 5.73 Å². The first-order valence-corrected chi connectivity index (χ1v) is 6.12. The summed E-state index contributed by atoms with van der Waals surface area (Å²) in [6, 6.07) is 14.3. The van der Waals surface area contributed by atoms with E-state index in [1.807, 2.05) is 25.1 Å². The van der Waals surface area contributed by atoms with E-state index in [-0.39, 0.29) is 0 Å². The number of benzene rings is 2. The van der Waals surface area contributed by atoms with E-state index in [9.17, 15) is 0 Å². The summed E-state index contributed by atoms with van der Waals surface area (Å²) in [5.74, 6) is 0. The smallest absolute Gasteiger partial charge is 0.0435 e. The molecule has 0 atom stereocenters. The van der Waals surface area contributed by atoms with Crippen LogP contribution in [0.15, 0.2) is 42.5 Å². The molecule has 17 heavy (non-hydrogen) atoms. The van der Waals surface area contributed by atoms with Crippen molar-refractivity contribution in [3.63, 3.8) is 0 Å². The molecule has 2 heteroatoms. The van der Waals surface area contributed by atoms with Gasteiger partial charge in [-0.05, 0) is 54.7 Å². The van der Waals surface area contributed by atoms with E-state index in [4.69, 9.17) is 17.3 Å². The predicted octanol–water partition coefficient (Wildman–Crippen LogP) is 4.02. The van der Waals surface area contributed by atoms with Crippen molar-refractivity contribution in [2.24, 2.45) is 0 Å². The number of anilines is 1. The Kier molecular flexibility index (Phi) is 3.70. The summed E-state index contributed by atoms with van der Waals surface area (Å²) < 4.78 is 0. The molecule has 0 saturated heterocycles. The summed E-state index contributed by atoms with van der Waals surface area (Å²) in [6.45, 7) is 2.04. The lowest BCUT2D eigenvalue weighted by Crippen LogP contribution is -1.93. The number of rotatable bonds is 3. The predicted molar refractivity (Wildman–Crippen MR) is 74.5 cm³/mol. The molecule has 0 bridgehead atoms. The number of hydrogen-bond acceptors (Lipinski definition) is 1. The highest BCUT2D eigenvalue weighted by molar-refractivity contribution is 6.31. The maximum atomic E-state index is 6.00. The fourth-order valence-electron chi connectivity index (χ4n) is 1.84. The molecule has 2 N–H and O–H groups in total. The summed E-state index contributed by atoms with van der Waals surface area (Å²) in [4.78, 5) is 0. The molecule has 1 nitrogen and oxygen atoms in total. The molecule has 0 saturated carbocycles. The van der Waals surface area contributed by atoms with E-state index < -0.39 is 0 Å². The Hall–Kier alpha value is -1.47. The van der Waals surface area contributed by atoms with Gasteiger partial charge in [0.15, 0.2) is 0 Å². The Balaban J connectivity index is 2.02. The van der Waals surface area contributed by atoms with Gasteiger partial charge in [0.2, 0.25) is 0 Å². The summed E-state index contributed by atoms with van der Waals surface area (Å²) >= 11 is 6.00. The summed E-state index contributed by atoms with van der Waals surface area (Å²) in [7, 11) is 0. The number of nitrogens with two attached hydrogens (primary N) is 1. The number of halogens is 1. The number of nitrogen functional groups attached to an aromatic ring is 1. The Morgan fingerprint density at radius 3 is 2.18 bits per heavy atom. The van der Waals surface area contributed by atoms with Crippen molar-refractivity contribution in [1.82, 2.24) is 0 Å². The lowest BCUT2D eigenvalue weighted by atomic mass is 10.0. The van der Waals surface area contributed by atoms with E-state index in [0.717, 1.165) is 29.1 Å². The molecule has 0 aliphatic carbocycles. The van der Waals surface area contributed by atoms with Gasteiger partial charge >= 0.3 is 0 Å². The number of hydrogen-bond donors (Lipinski definition) is 1. The van der Waals surface area contributed by atoms with Gasteiger partial charge in [-0.2, -0.15) is 0 Å². The molecule has 2 rings (SSSR count). The summed E-state index contributed by atoms with van der Waals surface area (Å²) in [5.41, 5.74) is 10.2. The molecule has 0 fully saturated rings. The molecule has 0 spiro atoms. The van der Waals surface area contributed by atoms with Crippen LogP contribution in [0, 0.1) is 6.92 Å². The molecular weight excluding hydrogens is 230 g/mol. The highest BCUT2D eigenvalue weighted by Gasteiger charge is 1.99. The van der Waals surface area contributed by atoms with Gasteiger partial charge in [-0.25, -0.2) is 0 Å². The first kappa shape index (κ1) is 12.0. The average Bonchev–Trinajstić information content (AvgIpc) is 2.33. The zero-order chi connectivity index (χ0) is 12.3. The molecule has 0 amide bonds. The van der Waals surface area contributed by atoms with Crippen LogP contribution in [0.4, 0.5) is 5.69 Å². The molecule has 2 aromatic carbocycles. The second-order valence-corrected chi connectivity index (χ2v) is 4.73. The average molecular weight is 246 g/mol. The van der Waals surface area contributed by atoms with Crippen molar-refractivity contribution in [2.45, 2.75) is 19.8 Å². The van der Waals surface area contributed by atoms with E-state index in [1.165, 1.54) is 11.1 Å². The van der Waals surface area contributed by atoms with Crippen LogP contribution >= 0.6 is 11.6 Å².